The Hall–Kier alpha value is -1.73. The first-order valence-corrected chi connectivity index (χ1v) is 9.10. The lowest BCUT2D eigenvalue weighted by Crippen LogP contribution is -3.13. The van der Waals surface area contributed by atoms with Gasteiger partial charge >= 0.3 is 0 Å². The summed E-state index contributed by atoms with van der Waals surface area (Å²) in [7, 11) is 0. The van der Waals surface area contributed by atoms with Crippen molar-refractivity contribution in [3.63, 3.8) is 0 Å². The molecule has 0 radical (unpaired) electrons. The SMILES string of the molecule is CC(C)(C)NC(=O)C[NH+]1CCCN(C(=S)Nc2ccc(F)cc2)CC1. The second kappa shape index (κ2) is 8.58. The van der Waals surface area contributed by atoms with Gasteiger partial charge in [-0.2, -0.15) is 0 Å². The molecule has 1 aliphatic rings. The number of benzene rings is 1. The number of rotatable bonds is 3. The van der Waals surface area contributed by atoms with E-state index in [1.165, 1.54) is 17.0 Å². The second-order valence-corrected chi connectivity index (χ2v) is 7.89. The molecule has 5 nitrogen and oxygen atoms in total. The van der Waals surface area contributed by atoms with Crippen LogP contribution >= 0.6 is 12.2 Å². The lowest BCUT2D eigenvalue weighted by atomic mass is 10.1. The third kappa shape index (κ3) is 6.96. The van der Waals surface area contributed by atoms with Crippen LogP contribution in [-0.2, 0) is 4.79 Å². The zero-order chi connectivity index (χ0) is 18.4. The lowest BCUT2D eigenvalue weighted by Gasteiger charge is -2.24. The summed E-state index contributed by atoms with van der Waals surface area (Å²) in [6, 6.07) is 6.17. The predicted octanol–water partition coefficient (Wildman–Crippen LogP) is 1.03. The Labute approximate surface area is 154 Å². The zero-order valence-corrected chi connectivity index (χ0v) is 16.0. The van der Waals surface area contributed by atoms with Gasteiger partial charge in [-0.15, -0.1) is 0 Å². The maximum absolute atomic E-state index is 13.0. The van der Waals surface area contributed by atoms with Gasteiger partial charge in [0.15, 0.2) is 11.7 Å². The minimum Gasteiger partial charge on any atom is -0.347 e. The minimum atomic E-state index is -0.265. The summed E-state index contributed by atoms with van der Waals surface area (Å²) in [5, 5.41) is 6.82. The van der Waals surface area contributed by atoms with Crippen molar-refractivity contribution < 1.29 is 14.1 Å². The van der Waals surface area contributed by atoms with Gasteiger partial charge in [0.25, 0.3) is 5.91 Å². The van der Waals surface area contributed by atoms with E-state index in [0.29, 0.717) is 11.7 Å². The van der Waals surface area contributed by atoms with Gasteiger partial charge in [-0.3, -0.25) is 4.79 Å². The number of amides is 1. The summed E-state index contributed by atoms with van der Waals surface area (Å²) in [5.74, 6) is -0.179. The summed E-state index contributed by atoms with van der Waals surface area (Å²) >= 11 is 5.48. The van der Waals surface area contributed by atoms with E-state index >= 15 is 0 Å². The summed E-state index contributed by atoms with van der Waals surface area (Å²) in [6.07, 6.45) is 0.976. The van der Waals surface area contributed by atoms with Crippen molar-refractivity contribution in [2.75, 3.05) is 38.0 Å². The van der Waals surface area contributed by atoms with E-state index in [-0.39, 0.29) is 17.3 Å². The highest BCUT2D eigenvalue weighted by molar-refractivity contribution is 7.80. The molecule has 3 N–H and O–H groups in total. The largest absolute Gasteiger partial charge is 0.347 e. The Kier molecular flexibility index (Phi) is 6.72. The molecule has 7 heteroatoms. The van der Waals surface area contributed by atoms with Gasteiger partial charge in [0.05, 0.1) is 19.6 Å². The average Bonchev–Trinajstić information content (AvgIpc) is 2.73. The Morgan fingerprint density at radius 2 is 1.92 bits per heavy atom. The molecule has 1 saturated heterocycles. The van der Waals surface area contributed by atoms with Crippen molar-refractivity contribution in [2.24, 2.45) is 0 Å². The Balaban J connectivity index is 1.83. The van der Waals surface area contributed by atoms with Crippen LogP contribution in [0.2, 0.25) is 0 Å². The van der Waals surface area contributed by atoms with Crippen molar-refractivity contribution in [1.29, 1.82) is 0 Å². The number of halogens is 1. The summed E-state index contributed by atoms with van der Waals surface area (Å²) < 4.78 is 13.0. The highest BCUT2D eigenvalue weighted by Gasteiger charge is 2.23. The van der Waals surface area contributed by atoms with E-state index < -0.39 is 0 Å². The number of nitrogens with one attached hydrogen (secondary N) is 3. The number of quaternary nitrogens is 1. The maximum Gasteiger partial charge on any atom is 0.275 e. The zero-order valence-electron chi connectivity index (χ0n) is 15.2. The predicted molar refractivity (Wildman–Crippen MR) is 102 cm³/mol. The molecule has 0 bridgehead atoms. The van der Waals surface area contributed by atoms with Crippen LogP contribution in [-0.4, -0.2) is 54.2 Å². The summed E-state index contributed by atoms with van der Waals surface area (Å²) in [5.41, 5.74) is 0.583. The molecule has 1 heterocycles. The van der Waals surface area contributed by atoms with E-state index in [0.717, 1.165) is 38.3 Å². The van der Waals surface area contributed by atoms with Gasteiger partial charge in [-0.25, -0.2) is 4.39 Å². The molecule has 1 fully saturated rings. The van der Waals surface area contributed by atoms with Crippen molar-refractivity contribution in [3.05, 3.63) is 30.1 Å². The normalized spacial score (nSPS) is 18.4. The standard InChI is InChI=1S/C18H27FN4OS/c1-18(2,3)21-16(24)13-22-9-4-10-23(12-11-22)17(25)20-15-7-5-14(19)6-8-15/h5-8H,4,9-13H2,1-3H3,(H,20,25)(H,21,24)/p+1. The molecular weight excluding hydrogens is 339 g/mol. The van der Waals surface area contributed by atoms with Crippen molar-refractivity contribution in [2.45, 2.75) is 32.7 Å². The van der Waals surface area contributed by atoms with E-state index in [9.17, 15) is 9.18 Å². The van der Waals surface area contributed by atoms with Crippen molar-refractivity contribution in [1.82, 2.24) is 10.2 Å². The molecule has 1 atom stereocenters. The Bertz CT molecular complexity index is 600. The van der Waals surface area contributed by atoms with Crippen molar-refractivity contribution >= 4 is 28.9 Å². The van der Waals surface area contributed by atoms with E-state index in [2.05, 4.69) is 15.5 Å². The second-order valence-electron chi connectivity index (χ2n) is 7.50. The van der Waals surface area contributed by atoms with Crippen LogP contribution < -0.4 is 15.5 Å². The quantitative estimate of drug-likeness (QED) is 0.699. The van der Waals surface area contributed by atoms with Crippen LogP contribution in [0.1, 0.15) is 27.2 Å². The lowest BCUT2D eigenvalue weighted by molar-refractivity contribution is -0.889. The molecule has 138 valence electrons. The first-order chi connectivity index (χ1) is 11.7. The third-order valence-electron chi connectivity index (χ3n) is 4.00. The van der Waals surface area contributed by atoms with Gasteiger partial charge in [-0.05, 0) is 57.3 Å². The average molecular weight is 368 g/mol. The number of hydrogen-bond acceptors (Lipinski definition) is 2. The van der Waals surface area contributed by atoms with E-state index in [4.69, 9.17) is 12.2 Å². The maximum atomic E-state index is 13.0. The van der Waals surface area contributed by atoms with Crippen LogP contribution in [0.4, 0.5) is 10.1 Å². The van der Waals surface area contributed by atoms with E-state index in [1.54, 1.807) is 12.1 Å². The van der Waals surface area contributed by atoms with Gasteiger partial charge in [0.2, 0.25) is 0 Å². The molecule has 1 aliphatic heterocycles. The molecule has 1 unspecified atom stereocenters. The summed E-state index contributed by atoms with van der Waals surface area (Å²) in [4.78, 5) is 15.5. The van der Waals surface area contributed by atoms with Gasteiger partial charge in [-0.1, -0.05) is 0 Å². The number of anilines is 1. The number of nitrogens with zero attached hydrogens (tertiary/aromatic N) is 1. The fraction of sp³-hybridized carbons (Fsp3) is 0.556. The van der Waals surface area contributed by atoms with Crippen LogP contribution in [0.25, 0.3) is 0 Å². The number of carbonyl (C=O) groups excluding carboxylic acids is 1. The molecule has 1 amide bonds. The molecule has 1 aromatic rings. The topological polar surface area (TPSA) is 48.8 Å². The van der Waals surface area contributed by atoms with Crippen LogP contribution in [0.5, 0.6) is 0 Å². The highest BCUT2D eigenvalue weighted by atomic mass is 32.1. The molecule has 0 spiro atoms. The smallest absolute Gasteiger partial charge is 0.275 e. The highest BCUT2D eigenvalue weighted by Crippen LogP contribution is 2.09. The van der Waals surface area contributed by atoms with Gasteiger partial charge in [0.1, 0.15) is 5.82 Å². The van der Waals surface area contributed by atoms with Gasteiger partial charge < -0.3 is 20.4 Å². The van der Waals surface area contributed by atoms with Crippen LogP contribution in [0.15, 0.2) is 24.3 Å². The summed E-state index contributed by atoms with van der Waals surface area (Å²) in [6.45, 7) is 9.93. The fourth-order valence-corrected chi connectivity index (χ4v) is 3.16. The molecule has 2 rings (SSSR count). The molecule has 0 aliphatic carbocycles. The van der Waals surface area contributed by atoms with Crippen LogP contribution in [0, 0.1) is 5.82 Å². The number of hydrogen-bond donors (Lipinski definition) is 3. The number of carbonyl (C=O) groups is 1. The van der Waals surface area contributed by atoms with Crippen LogP contribution in [0.3, 0.4) is 0 Å². The first-order valence-electron chi connectivity index (χ1n) is 8.69. The monoisotopic (exact) mass is 367 g/mol. The molecule has 25 heavy (non-hydrogen) atoms. The molecule has 0 aromatic heterocycles. The molecule has 0 saturated carbocycles. The minimum absolute atomic E-state index is 0.0861. The van der Waals surface area contributed by atoms with E-state index in [1.807, 2.05) is 20.8 Å². The van der Waals surface area contributed by atoms with Crippen molar-refractivity contribution in [3.8, 4) is 0 Å². The third-order valence-corrected chi connectivity index (χ3v) is 4.36. The number of thiocarbonyl (C=S) groups is 1. The first kappa shape index (κ1) is 19.6. The fourth-order valence-electron chi connectivity index (χ4n) is 2.85. The molecular formula is C18H28FN4OS+. The van der Waals surface area contributed by atoms with Gasteiger partial charge in [0, 0.05) is 24.2 Å². The molecule has 1 aromatic carbocycles. The Morgan fingerprint density at radius 1 is 1.24 bits per heavy atom. The Morgan fingerprint density at radius 3 is 2.56 bits per heavy atom.